The Hall–Kier alpha value is -2.55. The summed E-state index contributed by atoms with van der Waals surface area (Å²) in [5.74, 6) is 0. The first-order chi connectivity index (χ1) is 9.24. The molecule has 0 saturated heterocycles. The molecule has 4 rings (SSSR count). The molecule has 1 N–H and O–H groups in total. The van der Waals surface area contributed by atoms with E-state index < -0.39 is 0 Å². The Bertz CT molecular complexity index is 992. The van der Waals surface area contributed by atoms with Crippen LogP contribution in [0.2, 0.25) is 0 Å². The number of fused-ring (bicyclic) bond motifs is 5. The van der Waals surface area contributed by atoms with Crippen molar-refractivity contribution in [3.8, 4) is 0 Å². The van der Waals surface area contributed by atoms with E-state index in [9.17, 15) is 4.79 Å². The van der Waals surface area contributed by atoms with E-state index >= 15 is 0 Å². The van der Waals surface area contributed by atoms with Crippen LogP contribution in [0.5, 0.6) is 0 Å². The fraction of sp³-hybridized carbons (Fsp3) is 0.0625. The molecule has 0 radical (unpaired) electrons. The Morgan fingerprint density at radius 3 is 2.63 bits per heavy atom. The van der Waals surface area contributed by atoms with E-state index in [0.717, 1.165) is 27.2 Å². The summed E-state index contributed by atoms with van der Waals surface area (Å²) in [5, 5.41) is 3.17. The molecular weight excluding hydrogens is 238 g/mol. The summed E-state index contributed by atoms with van der Waals surface area (Å²) in [6.45, 7) is 2.07. The maximum absolute atomic E-state index is 11.4. The lowest BCUT2D eigenvalue weighted by Crippen LogP contribution is -1.94. The summed E-state index contributed by atoms with van der Waals surface area (Å²) in [5.41, 5.74) is 3.46. The number of H-pyrrole nitrogens is 1. The number of para-hydroxylation sites is 1. The molecule has 0 aliphatic carbocycles. The van der Waals surface area contributed by atoms with Crippen molar-refractivity contribution < 1.29 is 4.42 Å². The highest BCUT2D eigenvalue weighted by Crippen LogP contribution is 2.31. The van der Waals surface area contributed by atoms with Crippen molar-refractivity contribution in [1.29, 1.82) is 0 Å². The molecule has 4 aromatic rings. The van der Waals surface area contributed by atoms with E-state index in [1.807, 2.05) is 12.1 Å². The fourth-order valence-corrected chi connectivity index (χ4v) is 2.66. The summed E-state index contributed by atoms with van der Waals surface area (Å²) in [6, 6.07) is 13.5. The van der Waals surface area contributed by atoms with Crippen LogP contribution in [0.1, 0.15) is 5.56 Å². The number of aryl methyl sites for hydroxylation is 1. The average Bonchev–Trinajstić information content (AvgIpc) is 2.79. The van der Waals surface area contributed by atoms with Crippen molar-refractivity contribution in [2.24, 2.45) is 0 Å². The fourth-order valence-electron chi connectivity index (χ4n) is 2.66. The zero-order chi connectivity index (χ0) is 13.0. The lowest BCUT2D eigenvalue weighted by atomic mass is 10.1. The Morgan fingerprint density at radius 2 is 1.74 bits per heavy atom. The van der Waals surface area contributed by atoms with Gasteiger partial charge in [0.1, 0.15) is 0 Å². The van der Waals surface area contributed by atoms with Crippen LogP contribution in [0, 0.1) is 6.92 Å². The molecule has 0 saturated carbocycles. The van der Waals surface area contributed by atoms with Crippen LogP contribution in [-0.2, 0) is 0 Å². The third-order valence-corrected chi connectivity index (χ3v) is 3.60. The van der Waals surface area contributed by atoms with Crippen LogP contribution >= 0.6 is 0 Å². The normalized spacial score (nSPS) is 11.6. The lowest BCUT2D eigenvalue weighted by Gasteiger charge is -1.97. The topological polar surface area (TPSA) is 46.0 Å². The lowest BCUT2D eigenvalue weighted by molar-refractivity contribution is 0.563. The van der Waals surface area contributed by atoms with Crippen molar-refractivity contribution in [3.63, 3.8) is 0 Å². The summed E-state index contributed by atoms with van der Waals surface area (Å²) in [6.07, 6.45) is 0. The second kappa shape index (κ2) is 3.48. The van der Waals surface area contributed by atoms with Gasteiger partial charge in [-0.25, -0.2) is 4.79 Å². The number of benzene rings is 2. The van der Waals surface area contributed by atoms with Crippen LogP contribution in [-0.4, -0.2) is 4.98 Å². The Balaban J connectivity index is 2.34. The Labute approximate surface area is 108 Å². The maximum atomic E-state index is 11.4. The van der Waals surface area contributed by atoms with E-state index in [4.69, 9.17) is 4.42 Å². The molecule has 0 aliphatic heterocycles. The van der Waals surface area contributed by atoms with Gasteiger partial charge in [0, 0.05) is 27.7 Å². The first-order valence-corrected chi connectivity index (χ1v) is 6.18. The Morgan fingerprint density at radius 1 is 0.947 bits per heavy atom. The molecule has 3 heteroatoms. The molecule has 0 fully saturated rings. The van der Waals surface area contributed by atoms with Crippen LogP contribution in [0.3, 0.4) is 0 Å². The van der Waals surface area contributed by atoms with Gasteiger partial charge in [-0.1, -0.05) is 30.3 Å². The van der Waals surface area contributed by atoms with Gasteiger partial charge < -0.3 is 9.40 Å². The van der Waals surface area contributed by atoms with Crippen molar-refractivity contribution in [2.45, 2.75) is 6.92 Å². The van der Waals surface area contributed by atoms with Crippen LogP contribution < -0.4 is 5.63 Å². The number of rotatable bonds is 0. The minimum atomic E-state index is -0.324. The average molecular weight is 249 g/mol. The van der Waals surface area contributed by atoms with Crippen molar-refractivity contribution in [2.75, 3.05) is 0 Å². The van der Waals surface area contributed by atoms with E-state index in [1.54, 1.807) is 6.07 Å². The highest BCUT2D eigenvalue weighted by molar-refractivity contribution is 6.15. The van der Waals surface area contributed by atoms with Gasteiger partial charge in [-0.3, -0.25) is 0 Å². The summed E-state index contributed by atoms with van der Waals surface area (Å²) in [7, 11) is 0. The molecule has 2 heterocycles. The van der Waals surface area contributed by atoms with Gasteiger partial charge in [-0.2, -0.15) is 0 Å². The van der Waals surface area contributed by atoms with Gasteiger partial charge in [0.25, 0.3) is 0 Å². The minimum absolute atomic E-state index is 0.324. The molecule has 3 nitrogen and oxygen atoms in total. The van der Waals surface area contributed by atoms with Gasteiger partial charge >= 0.3 is 5.63 Å². The predicted octanol–water partition coefficient (Wildman–Crippen LogP) is 3.74. The second-order valence-electron chi connectivity index (χ2n) is 4.78. The number of hydrogen-bond donors (Lipinski definition) is 1. The summed E-state index contributed by atoms with van der Waals surface area (Å²) < 4.78 is 5.36. The van der Waals surface area contributed by atoms with Gasteiger partial charge in [0.05, 0.1) is 5.52 Å². The standard InChI is InChI=1S/C16H11NO2/c1-9-3-2-4-11-12-7-5-10-6-8-13(18)19-16(10)15(12)17-14(9)11/h2-8,17H,1H3. The van der Waals surface area contributed by atoms with Gasteiger partial charge in [0.15, 0.2) is 5.58 Å². The number of nitrogens with one attached hydrogen (secondary N) is 1. The van der Waals surface area contributed by atoms with Crippen molar-refractivity contribution in [3.05, 3.63) is 58.4 Å². The molecule has 0 aliphatic rings. The molecule has 0 atom stereocenters. The third kappa shape index (κ3) is 1.35. The first kappa shape index (κ1) is 10.4. The molecule has 0 unspecified atom stereocenters. The number of aromatic amines is 1. The molecule has 0 spiro atoms. The highest BCUT2D eigenvalue weighted by atomic mass is 16.4. The summed E-state index contributed by atoms with van der Waals surface area (Å²) in [4.78, 5) is 14.8. The van der Waals surface area contributed by atoms with Gasteiger partial charge in [0.2, 0.25) is 0 Å². The number of aromatic nitrogens is 1. The van der Waals surface area contributed by atoms with E-state index in [0.29, 0.717) is 5.58 Å². The Kier molecular flexibility index (Phi) is 1.90. The van der Waals surface area contributed by atoms with Crippen LogP contribution in [0.15, 0.2) is 51.7 Å². The molecule has 0 bridgehead atoms. The SMILES string of the molecule is Cc1cccc2c1[nH]c1c2ccc2ccc(=O)oc21. The smallest absolute Gasteiger partial charge is 0.336 e. The third-order valence-electron chi connectivity index (χ3n) is 3.60. The molecular formula is C16H11NO2. The largest absolute Gasteiger partial charge is 0.420 e. The molecule has 0 amide bonds. The highest BCUT2D eigenvalue weighted by Gasteiger charge is 2.10. The molecule has 2 aromatic carbocycles. The molecule has 19 heavy (non-hydrogen) atoms. The zero-order valence-corrected chi connectivity index (χ0v) is 10.4. The molecule has 2 aromatic heterocycles. The summed E-state index contributed by atoms with van der Waals surface area (Å²) >= 11 is 0. The number of hydrogen-bond acceptors (Lipinski definition) is 2. The minimum Gasteiger partial charge on any atom is -0.420 e. The van der Waals surface area contributed by atoms with Gasteiger partial charge in [-0.05, 0) is 18.6 Å². The quantitative estimate of drug-likeness (QED) is 0.482. The van der Waals surface area contributed by atoms with Gasteiger partial charge in [-0.15, -0.1) is 0 Å². The zero-order valence-electron chi connectivity index (χ0n) is 10.4. The monoisotopic (exact) mass is 249 g/mol. The molecule has 92 valence electrons. The van der Waals surface area contributed by atoms with E-state index in [1.165, 1.54) is 11.6 Å². The first-order valence-electron chi connectivity index (χ1n) is 6.18. The predicted molar refractivity (Wildman–Crippen MR) is 76.6 cm³/mol. The van der Waals surface area contributed by atoms with Crippen molar-refractivity contribution >= 4 is 32.8 Å². The van der Waals surface area contributed by atoms with Crippen molar-refractivity contribution in [1.82, 2.24) is 4.98 Å². The van der Waals surface area contributed by atoms with Crippen LogP contribution in [0.25, 0.3) is 32.8 Å². The maximum Gasteiger partial charge on any atom is 0.336 e. The van der Waals surface area contributed by atoms with Crippen LogP contribution in [0.4, 0.5) is 0 Å². The second-order valence-corrected chi connectivity index (χ2v) is 4.78. The van der Waals surface area contributed by atoms with E-state index in [-0.39, 0.29) is 5.63 Å². The van der Waals surface area contributed by atoms with E-state index in [2.05, 4.69) is 30.1 Å².